The third-order valence-corrected chi connectivity index (χ3v) is 7.52. The predicted molar refractivity (Wildman–Crippen MR) is 116 cm³/mol. The maximum Gasteiger partial charge on any atom is 0.315 e. The number of nitrogens with zero attached hydrogens (tertiary/aromatic N) is 1. The second-order valence-corrected chi connectivity index (χ2v) is 9.56. The Balaban J connectivity index is 0.00000240. The first-order valence-electron chi connectivity index (χ1n) is 11.7. The standard InChI is InChI=1S/C23H37N3O2.CH2/c27-21(26-16-6-10-19-9-1-2-11-20(19)26)12-5-15-24-22(28)25-23-13-3-7-18(17-23)8-4-14-23;/h11,18-19H,1-10,12-17H2,(H2,24,25,28);1H2. The topological polar surface area (TPSA) is 61.4 Å². The summed E-state index contributed by atoms with van der Waals surface area (Å²) < 4.78 is 0. The Kier molecular flexibility index (Phi) is 7.64. The lowest BCUT2D eigenvalue weighted by atomic mass is 9.67. The van der Waals surface area contributed by atoms with Gasteiger partial charge in [-0.3, -0.25) is 4.79 Å². The lowest BCUT2D eigenvalue weighted by Gasteiger charge is -2.45. The van der Waals surface area contributed by atoms with Crippen LogP contribution in [-0.2, 0) is 4.79 Å². The van der Waals surface area contributed by atoms with E-state index in [-0.39, 0.29) is 24.9 Å². The van der Waals surface area contributed by atoms with E-state index in [4.69, 9.17) is 0 Å². The van der Waals surface area contributed by atoms with Crippen LogP contribution in [0.25, 0.3) is 0 Å². The highest BCUT2D eigenvalue weighted by Crippen LogP contribution is 2.42. The highest BCUT2D eigenvalue weighted by Gasteiger charge is 2.40. The fraction of sp³-hybridized carbons (Fsp3) is 0.792. The predicted octanol–water partition coefficient (Wildman–Crippen LogP) is 4.81. The summed E-state index contributed by atoms with van der Waals surface area (Å²) in [6, 6.07) is -0.0389. The molecule has 2 bridgehead atoms. The number of piperidine rings is 1. The number of nitrogens with one attached hydrogen (secondary N) is 2. The molecule has 4 aliphatic rings. The molecule has 1 heterocycles. The first-order chi connectivity index (χ1) is 13.7. The van der Waals surface area contributed by atoms with E-state index < -0.39 is 0 Å². The Morgan fingerprint density at radius 2 is 1.83 bits per heavy atom. The fourth-order valence-electron chi connectivity index (χ4n) is 6.17. The number of rotatable bonds is 5. The third kappa shape index (κ3) is 5.35. The van der Waals surface area contributed by atoms with Gasteiger partial charge in [0, 0.05) is 30.7 Å². The molecule has 1 aliphatic heterocycles. The number of carbonyl (C=O) groups is 2. The molecule has 3 aliphatic carbocycles. The lowest BCUT2D eigenvalue weighted by Crippen LogP contribution is -2.56. The van der Waals surface area contributed by atoms with E-state index >= 15 is 0 Å². The number of hydrogen-bond acceptors (Lipinski definition) is 2. The molecule has 0 aromatic heterocycles. The molecule has 2 saturated carbocycles. The third-order valence-electron chi connectivity index (χ3n) is 7.52. The average Bonchev–Trinajstić information content (AvgIpc) is 2.70. The van der Waals surface area contributed by atoms with E-state index in [2.05, 4.69) is 16.7 Å². The van der Waals surface area contributed by atoms with Gasteiger partial charge in [0.15, 0.2) is 0 Å². The molecule has 0 aromatic carbocycles. The van der Waals surface area contributed by atoms with Crippen molar-refractivity contribution in [2.45, 2.75) is 95.4 Å². The number of likely N-dealkylation sites (tertiary alicyclic amines) is 1. The number of amides is 3. The molecule has 1 atom stereocenters. The van der Waals surface area contributed by atoms with Crippen LogP contribution in [0.5, 0.6) is 0 Å². The van der Waals surface area contributed by atoms with Gasteiger partial charge in [-0.1, -0.05) is 39.2 Å². The maximum absolute atomic E-state index is 12.7. The van der Waals surface area contributed by atoms with Gasteiger partial charge in [0.2, 0.25) is 5.91 Å². The van der Waals surface area contributed by atoms with Gasteiger partial charge in [-0.05, 0) is 69.6 Å². The van der Waals surface area contributed by atoms with Crippen molar-refractivity contribution >= 4 is 11.9 Å². The van der Waals surface area contributed by atoms with Crippen molar-refractivity contribution in [3.63, 3.8) is 0 Å². The molecular weight excluding hydrogens is 362 g/mol. The van der Waals surface area contributed by atoms with Gasteiger partial charge in [0.25, 0.3) is 0 Å². The molecular formula is C24H39N3O2. The average molecular weight is 402 g/mol. The molecule has 2 N–H and O–H groups in total. The van der Waals surface area contributed by atoms with Gasteiger partial charge in [-0.2, -0.15) is 0 Å². The summed E-state index contributed by atoms with van der Waals surface area (Å²) in [5.41, 5.74) is 1.33. The SMILES string of the molecule is O=C(NCCCC(=O)N1CCCC2CCCC=C21)NC12CCCC(CCC1)C2.[CH2]. The quantitative estimate of drug-likeness (QED) is 0.649. The number of carbonyl (C=O) groups excluding carboxylic acids is 2. The Morgan fingerprint density at radius 1 is 1.07 bits per heavy atom. The molecule has 3 fully saturated rings. The van der Waals surface area contributed by atoms with Crippen LogP contribution in [0.3, 0.4) is 0 Å². The largest absolute Gasteiger partial charge is 0.338 e. The molecule has 3 amide bonds. The van der Waals surface area contributed by atoms with Crippen LogP contribution in [0.2, 0.25) is 0 Å². The van der Waals surface area contributed by atoms with Crippen LogP contribution in [0.4, 0.5) is 4.79 Å². The first-order valence-corrected chi connectivity index (χ1v) is 11.7. The van der Waals surface area contributed by atoms with E-state index in [1.807, 2.05) is 4.90 Å². The molecule has 0 spiro atoms. The zero-order valence-electron chi connectivity index (χ0n) is 18.0. The van der Waals surface area contributed by atoms with Crippen LogP contribution >= 0.6 is 0 Å². The second-order valence-electron chi connectivity index (χ2n) is 9.56. The summed E-state index contributed by atoms with van der Waals surface area (Å²) in [5, 5.41) is 6.31. The number of urea groups is 1. The fourth-order valence-corrected chi connectivity index (χ4v) is 6.17. The van der Waals surface area contributed by atoms with Crippen molar-refractivity contribution in [3.05, 3.63) is 19.2 Å². The summed E-state index contributed by atoms with van der Waals surface area (Å²) in [6.45, 7) is 1.45. The number of hydrogen-bond donors (Lipinski definition) is 2. The summed E-state index contributed by atoms with van der Waals surface area (Å²) >= 11 is 0. The van der Waals surface area contributed by atoms with E-state index in [0.29, 0.717) is 18.9 Å². The minimum absolute atomic E-state index is 0. The van der Waals surface area contributed by atoms with Crippen LogP contribution < -0.4 is 10.6 Å². The molecule has 29 heavy (non-hydrogen) atoms. The minimum Gasteiger partial charge on any atom is -0.338 e. The van der Waals surface area contributed by atoms with Gasteiger partial charge in [-0.15, -0.1) is 0 Å². The van der Waals surface area contributed by atoms with Gasteiger partial charge in [0.05, 0.1) is 0 Å². The molecule has 1 saturated heterocycles. The van der Waals surface area contributed by atoms with Crippen molar-refractivity contribution in [2.24, 2.45) is 11.8 Å². The Bertz CT molecular complexity index is 605. The second kappa shape index (κ2) is 9.99. The van der Waals surface area contributed by atoms with Crippen LogP contribution in [0, 0.1) is 19.3 Å². The Labute approximate surface area is 177 Å². The number of fused-ring (bicyclic) bond motifs is 3. The minimum atomic E-state index is -0.0389. The lowest BCUT2D eigenvalue weighted by molar-refractivity contribution is -0.130. The highest BCUT2D eigenvalue weighted by atomic mass is 16.2. The summed E-state index contributed by atoms with van der Waals surface area (Å²) in [4.78, 5) is 27.2. The Hall–Kier alpha value is -1.52. The van der Waals surface area contributed by atoms with E-state index in [9.17, 15) is 9.59 Å². The van der Waals surface area contributed by atoms with Crippen LogP contribution in [0.15, 0.2) is 11.8 Å². The molecule has 5 nitrogen and oxygen atoms in total. The zero-order valence-corrected chi connectivity index (χ0v) is 18.0. The van der Waals surface area contributed by atoms with Crippen LogP contribution in [-0.4, -0.2) is 35.5 Å². The molecule has 5 heteroatoms. The molecule has 4 rings (SSSR count). The first kappa shape index (κ1) is 22.2. The normalized spacial score (nSPS) is 31.0. The summed E-state index contributed by atoms with van der Waals surface area (Å²) in [7, 11) is 0. The molecule has 0 aromatic rings. The van der Waals surface area contributed by atoms with E-state index in [0.717, 1.165) is 51.0 Å². The highest BCUT2D eigenvalue weighted by molar-refractivity contribution is 5.78. The van der Waals surface area contributed by atoms with Crippen molar-refractivity contribution < 1.29 is 9.59 Å². The number of allylic oxidation sites excluding steroid dienone is 2. The zero-order chi connectivity index (χ0) is 19.4. The van der Waals surface area contributed by atoms with Crippen molar-refractivity contribution in [1.29, 1.82) is 0 Å². The van der Waals surface area contributed by atoms with Crippen molar-refractivity contribution in [2.75, 3.05) is 13.1 Å². The molecule has 2 radical (unpaired) electrons. The van der Waals surface area contributed by atoms with Crippen molar-refractivity contribution in [3.8, 4) is 0 Å². The van der Waals surface area contributed by atoms with Crippen LogP contribution in [0.1, 0.15) is 89.9 Å². The van der Waals surface area contributed by atoms with Gasteiger partial charge >= 0.3 is 6.03 Å². The molecule has 162 valence electrons. The Morgan fingerprint density at radius 3 is 2.62 bits per heavy atom. The van der Waals surface area contributed by atoms with Gasteiger partial charge in [0.1, 0.15) is 0 Å². The van der Waals surface area contributed by atoms with Gasteiger partial charge in [-0.25, -0.2) is 4.79 Å². The maximum atomic E-state index is 12.7. The van der Waals surface area contributed by atoms with E-state index in [1.54, 1.807) is 0 Å². The monoisotopic (exact) mass is 401 g/mol. The summed E-state index contributed by atoms with van der Waals surface area (Å²) in [5.74, 6) is 1.65. The van der Waals surface area contributed by atoms with E-state index in [1.165, 1.54) is 50.6 Å². The smallest absolute Gasteiger partial charge is 0.315 e. The summed E-state index contributed by atoms with van der Waals surface area (Å²) in [6.07, 6.45) is 18.1. The van der Waals surface area contributed by atoms with Crippen molar-refractivity contribution in [1.82, 2.24) is 15.5 Å². The molecule has 1 unspecified atom stereocenters. The van der Waals surface area contributed by atoms with Gasteiger partial charge < -0.3 is 15.5 Å².